The largest absolute Gasteiger partial charge is 0.311 e. The summed E-state index contributed by atoms with van der Waals surface area (Å²) in [7, 11) is 0. The van der Waals surface area contributed by atoms with Gasteiger partial charge in [0.15, 0.2) is 0 Å². The van der Waals surface area contributed by atoms with Crippen LogP contribution in [0.15, 0.2) is 48.7 Å². The van der Waals surface area contributed by atoms with E-state index in [0.29, 0.717) is 29.1 Å². The van der Waals surface area contributed by atoms with Gasteiger partial charge in [-0.25, -0.2) is 4.98 Å². The fourth-order valence-electron chi connectivity index (χ4n) is 3.33. The van der Waals surface area contributed by atoms with Crippen LogP contribution in [0.5, 0.6) is 0 Å². The predicted octanol–water partition coefficient (Wildman–Crippen LogP) is 5.04. The number of halogens is 1. The Morgan fingerprint density at radius 2 is 1.83 bits per heavy atom. The van der Waals surface area contributed by atoms with Crippen LogP contribution in [-0.2, 0) is 4.79 Å². The molecule has 4 heteroatoms. The zero-order valence-electron chi connectivity index (χ0n) is 13.0. The van der Waals surface area contributed by atoms with Gasteiger partial charge >= 0.3 is 0 Å². The third-order valence-electron chi connectivity index (χ3n) is 4.59. The monoisotopic (exact) mass is 328 g/mol. The van der Waals surface area contributed by atoms with E-state index in [1.54, 1.807) is 18.3 Å². The van der Waals surface area contributed by atoms with E-state index in [1.165, 1.54) is 18.4 Å². The molecular weight excluding hydrogens is 308 g/mol. The lowest BCUT2D eigenvalue weighted by atomic mass is 9.77. The summed E-state index contributed by atoms with van der Waals surface area (Å²) in [5.41, 5.74) is 1.43. The van der Waals surface area contributed by atoms with Gasteiger partial charge in [0.2, 0.25) is 5.91 Å². The van der Waals surface area contributed by atoms with Gasteiger partial charge in [-0.2, -0.15) is 0 Å². The first-order valence-corrected chi connectivity index (χ1v) is 8.55. The number of amides is 1. The lowest BCUT2D eigenvalue weighted by molar-refractivity contribution is -0.117. The smallest absolute Gasteiger partial charge is 0.225 e. The molecule has 0 saturated heterocycles. The van der Waals surface area contributed by atoms with E-state index in [-0.39, 0.29) is 5.91 Å². The number of rotatable bonds is 4. The van der Waals surface area contributed by atoms with Crippen molar-refractivity contribution in [2.75, 3.05) is 5.32 Å². The number of carbonyl (C=O) groups excluding carboxylic acids is 1. The van der Waals surface area contributed by atoms with Crippen molar-refractivity contribution in [3.63, 3.8) is 0 Å². The van der Waals surface area contributed by atoms with Crippen molar-refractivity contribution >= 4 is 23.3 Å². The van der Waals surface area contributed by atoms with Gasteiger partial charge in [0, 0.05) is 12.6 Å². The highest BCUT2D eigenvalue weighted by Gasteiger charge is 2.24. The molecular formula is C19H21ClN2O. The van der Waals surface area contributed by atoms with Crippen LogP contribution in [0.2, 0.25) is 5.02 Å². The summed E-state index contributed by atoms with van der Waals surface area (Å²) in [5.74, 6) is 1.73. The zero-order valence-corrected chi connectivity index (χ0v) is 13.8. The fourth-order valence-corrected chi connectivity index (χ4v) is 3.44. The topological polar surface area (TPSA) is 42.0 Å². The molecule has 0 aliphatic heterocycles. The number of benzene rings is 1. The second-order valence-electron chi connectivity index (χ2n) is 6.24. The van der Waals surface area contributed by atoms with Crippen LogP contribution in [0.3, 0.4) is 0 Å². The number of hydrogen-bond donors (Lipinski definition) is 1. The molecule has 1 N–H and O–H groups in total. The van der Waals surface area contributed by atoms with Gasteiger partial charge in [0.1, 0.15) is 5.82 Å². The Hall–Kier alpha value is -1.87. The maximum absolute atomic E-state index is 12.1. The molecule has 1 heterocycles. The average molecular weight is 329 g/mol. The number of pyridine rings is 1. The molecule has 120 valence electrons. The molecule has 0 radical (unpaired) electrons. The molecule has 3 nitrogen and oxygen atoms in total. The van der Waals surface area contributed by atoms with Crippen LogP contribution < -0.4 is 5.32 Å². The molecule has 23 heavy (non-hydrogen) atoms. The molecule has 1 aliphatic rings. The summed E-state index contributed by atoms with van der Waals surface area (Å²) in [5, 5.41) is 3.42. The van der Waals surface area contributed by atoms with Crippen molar-refractivity contribution in [3.05, 3.63) is 59.2 Å². The van der Waals surface area contributed by atoms with Gasteiger partial charge < -0.3 is 5.32 Å². The Morgan fingerprint density at radius 1 is 1.09 bits per heavy atom. The standard InChI is InChI=1S/C19H21ClN2O/c20-17-10-11-18(21-13-17)22-19(23)12-14-6-8-16(9-7-14)15-4-2-1-3-5-15/h1-5,10-11,13-14,16H,6-9,12H2,(H,21,22,23)/t14-,16+. The molecule has 1 aromatic heterocycles. The third-order valence-corrected chi connectivity index (χ3v) is 4.81. The molecule has 0 spiro atoms. The van der Waals surface area contributed by atoms with E-state index in [9.17, 15) is 4.79 Å². The zero-order chi connectivity index (χ0) is 16.1. The van der Waals surface area contributed by atoms with Crippen LogP contribution in [0.1, 0.15) is 43.6 Å². The number of nitrogens with zero attached hydrogens (tertiary/aromatic N) is 1. The van der Waals surface area contributed by atoms with Crippen LogP contribution in [0.4, 0.5) is 5.82 Å². The highest BCUT2D eigenvalue weighted by molar-refractivity contribution is 6.30. The van der Waals surface area contributed by atoms with Gasteiger partial charge in [-0.15, -0.1) is 0 Å². The van der Waals surface area contributed by atoms with Crippen molar-refractivity contribution < 1.29 is 4.79 Å². The predicted molar refractivity (Wildman–Crippen MR) is 93.6 cm³/mol. The molecule has 3 rings (SSSR count). The lowest BCUT2D eigenvalue weighted by Crippen LogP contribution is -2.20. The van der Waals surface area contributed by atoms with Gasteiger partial charge in [-0.1, -0.05) is 41.9 Å². The van der Waals surface area contributed by atoms with E-state index in [4.69, 9.17) is 11.6 Å². The van der Waals surface area contributed by atoms with Crippen molar-refractivity contribution in [1.29, 1.82) is 0 Å². The SMILES string of the molecule is O=C(C[C@H]1CC[C@@H](c2ccccc2)CC1)Nc1ccc(Cl)cn1. The summed E-state index contributed by atoms with van der Waals surface area (Å²) in [4.78, 5) is 16.2. The quantitative estimate of drug-likeness (QED) is 0.854. The summed E-state index contributed by atoms with van der Waals surface area (Å²) in [6.07, 6.45) is 6.68. The van der Waals surface area contributed by atoms with Crippen molar-refractivity contribution in [2.45, 2.75) is 38.0 Å². The Labute approximate surface area is 142 Å². The Bertz CT molecular complexity index is 634. The van der Waals surface area contributed by atoms with Gasteiger partial charge in [-0.3, -0.25) is 4.79 Å². The first-order valence-electron chi connectivity index (χ1n) is 8.17. The lowest BCUT2D eigenvalue weighted by Gasteiger charge is -2.28. The van der Waals surface area contributed by atoms with Crippen LogP contribution >= 0.6 is 11.6 Å². The summed E-state index contributed by atoms with van der Waals surface area (Å²) in [6.45, 7) is 0. The molecule has 0 unspecified atom stereocenters. The molecule has 0 atom stereocenters. The van der Waals surface area contributed by atoms with E-state index in [2.05, 4.69) is 40.6 Å². The highest BCUT2D eigenvalue weighted by Crippen LogP contribution is 2.36. The average Bonchev–Trinajstić information content (AvgIpc) is 2.58. The molecule has 1 aromatic carbocycles. The number of aromatic nitrogens is 1. The normalized spacial score (nSPS) is 20.9. The number of anilines is 1. The molecule has 1 aliphatic carbocycles. The van der Waals surface area contributed by atoms with Crippen LogP contribution in [0.25, 0.3) is 0 Å². The fraction of sp³-hybridized carbons (Fsp3) is 0.368. The molecule has 1 amide bonds. The molecule has 2 aromatic rings. The maximum atomic E-state index is 12.1. The van der Waals surface area contributed by atoms with E-state index >= 15 is 0 Å². The van der Waals surface area contributed by atoms with E-state index in [1.807, 2.05) is 0 Å². The summed E-state index contributed by atoms with van der Waals surface area (Å²) < 4.78 is 0. The van der Waals surface area contributed by atoms with Crippen LogP contribution in [0, 0.1) is 5.92 Å². The van der Waals surface area contributed by atoms with Gasteiger partial charge in [-0.05, 0) is 55.2 Å². The Balaban J connectivity index is 1.47. The second kappa shape index (κ2) is 7.60. The summed E-state index contributed by atoms with van der Waals surface area (Å²) in [6, 6.07) is 14.2. The van der Waals surface area contributed by atoms with Crippen molar-refractivity contribution in [1.82, 2.24) is 4.98 Å². The Morgan fingerprint density at radius 3 is 2.48 bits per heavy atom. The minimum Gasteiger partial charge on any atom is -0.311 e. The molecule has 0 bridgehead atoms. The second-order valence-corrected chi connectivity index (χ2v) is 6.68. The highest BCUT2D eigenvalue weighted by atomic mass is 35.5. The van der Waals surface area contributed by atoms with Gasteiger partial charge in [0.05, 0.1) is 5.02 Å². The van der Waals surface area contributed by atoms with Crippen LogP contribution in [-0.4, -0.2) is 10.9 Å². The molecule has 1 saturated carbocycles. The van der Waals surface area contributed by atoms with Crippen molar-refractivity contribution in [2.24, 2.45) is 5.92 Å². The van der Waals surface area contributed by atoms with Crippen molar-refractivity contribution in [3.8, 4) is 0 Å². The van der Waals surface area contributed by atoms with E-state index in [0.717, 1.165) is 12.8 Å². The number of carbonyl (C=O) groups is 1. The third kappa shape index (κ3) is 4.55. The maximum Gasteiger partial charge on any atom is 0.225 e. The number of nitrogens with one attached hydrogen (secondary N) is 1. The first kappa shape index (κ1) is 16.0. The Kier molecular flexibility index (Phi) is 5.29. The van der Waals surface area contributed by atoms with Gasteiger partial charge in [0.25, 0.3) is 0 Å². The van der Waals surface area contributed by atoms with E-state index < -0.39 is 0 Å². The number of hydrogen-bond acceptors (Lipinski definition) is 2. The summed E-state index contributed by atoms with van der Waals surface area (Å²) >= 11 is 5.79. The first-order chi connectivity index (χ1) is 11.2. The minimum atomic E-state index is 0.0444. The minimum absolute atomic E-state index is 0.0444. The molecule has 1 fully saturated rings.